The number of amides is 3. The van der Waals surface area contributed by atoms with E-state index in [9.17, 15) is 34.2 Å². The highest BCUT2D eigenvalue weighted by atomic mass is 16.4. The molecule has 1 rings (SSSR count). The highest BCUT2D eigenvalue weighted by Crippen LogP contribution is 2.07. The SMILES string of the molecule is CC(C)CC(N)C(=O)NC(CCCN=C(N)N)C(=O)NC(CC(=O)O)C(=O)NC(Cc1ccccc1)C(=O)O. The lowest BCUT2D eigenvalue weighted by Gasteiger charge is -2.25. The van der Waals surface area contributed by atoms with E-state index in [-0.39, 0.29) is 37.7 Å². The second kappa shape index (κ2) is 16.6. The smallest absolute Gasteiger partial charge is 0.326 e. The number of benzene rings is 1. The average molecular weight is 550 g/mol. The van der Waals surface area contributed by atoms with Gasteiger partial charge < -0.3 is 43.4 Å². The number of nitrogens with zero attached hydrogens (tertiary/aromatic N) is 1. The number of rotatable bonds is 17. The quantitative estimate of drug-likeness (QED) is 0.0645. The van der Waals surface area contributed by atoms with Crippen LogP contribution in [0.5, 0.6) is 0 Å². The molecule has 0 aromatic heterocycles. The van der Waals surface area contributed by atoms with Crippen molar-refractivity contribution in [2.24, 2.45) is 28.1 Å². The summed E-state index contributed by atoms with van der Waals surface area (Å²) in [5.41, 5.74) is 17.2. The molecule has 0 aliphatic heterocycles. The van der Waals surface area contributed by atoms with E-state index >= 15 is 0 Å². The Morgan fingerprint density at radius 3 is 1.97 bits per heavy atom. The van der Waals surface area contributed by atoms with Crippen LogP contribution in [0.4, 0.5) is 0 Å². The molecule has 14 heteroatoms. The van der Waals surface area contributed by atoms with E-state index in [0.717, 1.165) is 0 Å². The van der Waals surface area contributed by atoms with Crippen molar-refractivity contribution >= 4 is 35.6 Å². The first kappa shape index (κ1) is 32.8. The third-order valence-corrected chi connectivity index (χ3v) is 5.55. The summed E-state index contributed by atoms with van der Waals surface area (Å²) in [7, 11) is 0. The summed E-state index contributed by atoms with van der Waals surface area (Å²) < 4.78 is 0. The molecule has 0 aliphatic rings. The zero-order valence-electron chi connectivity index (χ0n) is 22.1. The molecule has 0 saturated heterocycles. The van der Waals surface area contributed by atoms with Gasteiger partial charge in [-0.1, -0.05) is 44.2 Å². The lowest BCUT2D eigenvalue weighted by molar-refractivity contribution is -0.143. The Labute approximate surface area is 226 Å². The Balaban J connectivity index is 3.05. The fourth-order valence-electron chi connectivity index (χ4n) is 3.64. The number of carbonyl (C=O) groups excluding carboxylic acids is 3. The summed E-state index contributed by atoms with van der Waals surface area (Å²) in [5, 5.41) is 26.1. The number of hydrogen-bond donors (Lipinski definition) is 8. The van der Waals surface area contributed by atoms with Crippen LogP contribution < -0.4 is 33.2 Å². The van der Waals surface area contributed by atoms with Gasteiger partial charge in [-0.05, 0) is 30.7 Å². The molecule has 0 fully saturated rings. The van der Waals surface area contributed by atoms with Crippen LogP contribution in [0, 0.1) is 5.92 Å². The Kier molecular flexibility index (Phi) is 14.0. The number of carbonyl (C=O) groups is 5. The van der Waals surface area contributed by atoms with E-state index in [1.54, 1.807) is 30.3 Å². The van der Waals surface area contributed by atoms with E-state index in [4.69, 9.17) is 17.2 Å². The maximum absolute atomic E-state index is 13.1. The molecule has 0 heterocycles. The molecular weight excluding hydrogens is 510 g/mol. The minimum atomic E-state index is -1.62. The summed E-state index contributed by atoms with van der Waals surface area (Å²) in [6, 6.07) is 3.44. The maximum atomic E-state index is 13.1. The first-order chi connectivity index (χ1) is 18.3. The Morgan fingerprint density at radius 1 is 0.872 bits per heavy atom. The second-order valence-electron chi connectivity index (χ2n) is 9.49. The van der Waals surface area contributed by atoms with Gasteiger partial charge in [0, 0.05) is 13.0 Å². The summed E-state index contributed by atoms with van der Waals surface area (Å²) >= 11 is 0. The van der Waals surface area contributed by atoms with Crippen LogP contribution in [0.1, 0.15) is 45.1 Å². The highest BCUT2D eigenvalue weighted by molar-refractivity contribution is 5.95. The molecule has 0 saturated carbocycles. The zero-order valence-corrected chi connectivity index (χ0v) is 22.1. The number of nitrogens with one attached hydrogen (secondary N) is 3. The van der Waals surface area contributed by atoms with Gasteiger partial charge in [0.2, 0.25) is 17.7 Å². The molecule has 0 spiro atoms. The van der Waals surface area contributed by atoms with Crippen LogP contribution in [0.3, 0.4) is 0 Å². The van der Waals surface area contributed by atoms with Crippen molar-refractivity contribution < 1.29 is 34.2 Å². The molecule has 4 atom stereocenters. The fraction of sp³-hybridized carbons (Fsp3) is 0.520. The van der Waals surface area contributed by atoms with Gasteiger partial charge in [0.15, 0.2) is 5.96 Å². The van der Waals surface area contributed by atoms with E-state index in [0.29, 0.717) is 12.0 Å². The van der Waals surface area contributed by atoms with Gasteiger partial charge >= 0.3 is 11.9 Å². The van der Waals surface area contributed by atoms with Gasteiger partial charge in [-0.2, -0.15) is 0 Å². The number of aliphatic carboxylic acids is 2. The number of guanidine groups is 1. The minimum absolute atomic E-state index is 0.0515. The summed E-state index contributed by atoms with van der Waals surface area (Å²) in [6.07, 6.45) is -0.209. The monoisotopic (exact) mass is 549 g/mol. The van der Waals surface area contributed by atoms with Gasteiger partial charge in [0.1, 0.15) is 18.1 Å². The summed E-state index contributed by atoms with van der Waals surface area (Å²) in [5.74, 6) is -5.23. The molecule has 39 heavy (non-hydrogen) atoms. The van der Waals surface area contributed by atoms with Crippen LogP contribution in [0.15, 0.2) is 35.3 Å². The maximum Gasteiger partial charge on any atom is 0.326 e. The molecule has 1 aromatic rings. The van der Waals surface area contributed by atoms with E-state index in [1.807, 2.05) is 13.8 Å². The van der Waals surface area contributed by atoms with Gasteiger partial charge in [0.05, 0.1) is 12.5 Å². The van der Waals surface area contributed by atoms with E-state index in [2.05, 4.69) is 20.9 Å². The van der Waals surface area contributed by atoms with E-state index < -0.39 is 60.2 Å². The average Bonchev–Trinajstić information content (AvgIpc) is 2.84. The van der Waals surface area contributed by atoms with Gasteiger partial charge in [0.25, 0.3) is 0 Å². The second-order valence-corrected chi connectivity index (χ2v) is 9.49. The standard InChI is InChI=1S/C25H39N7O7/c1-14(2)11-16(26)21(35)30-17(9-6-10-29-25(27)28)22(36)31-18(13-20(33)34)23(37)32-19(24(38)39)12-15-7-4-3-5-8-15/h3-5,7-8,14,16-19H,6,9-13,26H2,1-2H3,(H,30,35)(H,31,36)(H,32,37)(H,33,34)(H,38,39)(H4,27,28,29). The molecular formula is C25H39N7O7. The molecule has 11 N–H and O–H groups in total. The van der Waals surface area contributed by atoms with Crippen LogP contribution >= 0.6 is 0 Å². The molecule has 216 valence electrons. The predicted molar refractivity (Wildman–Crippen MR) is 143 cm³/mol. The highest BCUT2D eigenvalue weighted by Gasteiger charge is 2.31. The molecule has 14 nitrogen and oxygen atoms in total. The summed E-state index contributed by atoms with van der Waals surface area (Å²) in [4.78, 5) is 65.7. The largest absolute Gasteiger partial charge is 0.481 e. The van der Waals surface area contributed by atoms with Crippen LogP contribution in [-0.2, 0) is 30.4 Å². The first-order valence-electron chi connectivity index (χ1n) is 12.5. The number of aliphatic imine (C=N–C) groups is 1. The van der Waals surface area contributed by atoms with Gasteiger partial charge in [-0.25, -0.2) is 4.79 Å². The molecule has 0 aliphatic carbocycles. The number of carboxylic acid groups (broad SMARTS) is 2. The number of carboxylic acids is 2. The molecule has 3 amide bonds. The van der Waals surface area contributed by atoms with Crippen molar-refractivity contribution in [1.82, 2.24) is 16.0 Å². The minimum Gasteiger partial charge on any atom is -0.481 e. The third-order valence-electron chi connectivity index (χ3n) is 5.55. The van der Waals surface area contributed by atoms with Crippen LogP contribution in [0.25, 0.3) is 0 Å². The van der Waals surface area contributed by atoms with Crippen molar-refractivity contribution in [3.05, 3.63) is 35.9 Å². The predicted octanol–water partition coefficient (Wildman–Crippen LogP) is -1.33. The topological polar surface area (TPSA) is 252 Å². The Bertz CT molecular complexity index is 1010. The number of nitrogens with two attached hydrogens (primary N) is 3. The van der Waals surface area contributed by atoms with Crippen LogP contribution in [0.2, 0.25) is 0 Å². The summed E-state index contributed by atoms with van der Waals surface area (Å²) in [6.45, 7) is 3.91. The van der Waals surface area contributed by atoms with Crippen molar-refractivity contribution in [3.8, 4) is 0 Å². The van der Waals surface area contributed by atoms with Crippen molar-refractivity contribution in [3.63, 3.8) is 0 Å². The normalized spacial score (nSPS) is 13.8. The molecule has 0 radical (unpaired) electrons. The Hall–Kier alpha value is -4.20. The van der Waals surface area contributed by atoms with Gasteiger partial charge in [-0.3, -0.25) is 24.2 Å². The van der Waals surface area contributed by atoms with Crippen molar-refractivity contribution in [2.75, 3.05) is 6.54 Å². The molecule has 1 aromatic carbocycles. The lowest BCUT2D eigenvalue weighted by atomic mass is 10.0. The van der Waals surface area contributed by atoms with Crippen molar-refractivity contribution in [2.45, 2.75) is 70.1 Å². The lowest BCUT2D eigenvalue weighted by Crippen LogP contribution is -2.57. The molecule has 0 bridgehead atoms. The fourth-order valence-corrected chi connectivity index (χ4v) is 3.64. The van der Waals surface area contributed by atoms with Crippen molar-refractivity contribution in [1.29, 1.82) is 0 Å². The number of hydrogen-bond acceptors (Lipinski definition) is 7. The van der Waals surface area contributed by atoms with E-state index in [1.165, 1.54) is 0 Å². The molecule has 4 unspecified atom stereocenters. The Morgan fingerprint density at radius 2 is 1.44 bits per heavy atom. The van der Waals surface area contributed by atoms with Gasteiger partial charge in [-0.15, -0.1) is 0 Å². The van der Waals surface area contributed by atoms with Crippen LogP contribution in [-0.4, -0.2) is 76.5 Å². The zero-order chi connectivity index (χ0) is 29.5. The first-order valence-corrected chi connectivity index (χ1v) is 12.5. The third kappa shape index (κ3) is 13.2.